The molecule has 0 atom stereocenters. The van der Waals surface area contributed by atoms with Gasteiger partial charge in [-0.3, -0.25) is 4.68 Å². The van der Waals surface area contributed by atoms with E-state index in [4.69, 9.17) is 22.3 Å². The molecule has 6 heteroatoms. The van der Waals surface area contributed by atoms with E-state index in [0.717, 1.165) is 27.5 Å². The van der Waals surface area contributed by atoms with Gasteiger partial charge < -0.3 is 11.1 Å². The number of nitrogens with zero attached hydrogens (tertiary/aromatic N) is 3. The fraction of sp³-hybridized carbons (Fsp3) is 0.0588. The quantitative estimate of drug-likeness (QED) is 0.582. The first kappa shape index (κ1) is 13.8. The number of aromatic nitrogens is 3. The van der Waals surface area contributed by atoms with Gasteiger partial charge in [0.1, 0.15) is 5.82 Å². The largest absolute Gasteiger partial charge is 0.382 e. The Hall–Kier alpha value is -2.79. The molecule has 4 rings (SSSR count). The maximum atomic E-state index is 6.11. The molecule has 0 unspecified atom stereocenters. The van der Waals surface area contributed by atoms with Crippen LogP contribution in [0.2, 0.25) is 5.02 Å². The third-order valence-electron chi connectivity index (χ3n) is 3.81. The summed E-state index contributed by atoms with van der Waals surface area (Å²) < 4.78 is 1.79. The normalized spacial score (nSPS) is 11.2. The van der Waals surface area contributed by atoms with E-state index in [1.54, 1.807) is 4.68 Å². The molecular weight excluding hydrogens is 310 g/mol. The van der Waals surface area contributed by atoms with Crippen LogP contribution in [0.1, 0.15) is 0 Å². The Balaban J connectivity index is 1.98. The standard InChI is InChI=1S/C17H14ClN5/c1-23-15-12-4-2-3-5-13(12)21-17(14(15)16(19)22-23)20-11-8-6-10(18)7-9-11/h2-9H,1H3,(H2,19,22)(H,20,21). The van der Waals surface area contributed by atoms with Crippen molar-refractivity contribution < 1.29 is 0 Å². The topological polar surface area (TPSA) is 68.8 Å². The Morgan fingerprint density at radius 2 is 1.83 bits per heavy atom. The van der Waals surface area contributed by atoms with Gasteiger partial charge in [0.15, 0.2) is 5.82 Å². The van der Waals surface area contributed by atoms with Gasteiger partial charge in [0.2, 0.25) is 0 Å². The Kier molecular flexibility index (Phi) is 3.09. The van der Waals surface area contributed by atoms with Crippen molar-refractivity contribution in [1.29, 1.82) is 0 Å². The molecule has 0 spiro atoms. The van der Waals surface area contributed by atoms with Crippen molar-refractivity contribution in [3.8, 4) is 0 Å². The van der Waals surface area contributed by atoms with Gasteiger partial charge in [-0.25, -0.2) is 4.98 Å². The third kappa shape index (κ3) is 2.26. The van der Waals surface area contributed by atoms with Crippen molar-refractivity contribution in [1.82, 2.24) is 14.8 Å². The van der Waals surface area contributed by atoms with Crippen LogP contribution in [0, 0.1) is 0 Å². The van der Waals surface area contributed by atoms with Gasteiger partial charge in [0.05, 0.1) is 16.4 Å². The molecule has 5 nitrogen and oxygen atoms in total. The number of halogens is 1. The van der Waals surface area contributed by atoms with Crippen LogP contribution in [0.3, 0.4) is 0 Å². The van der Waals surface area contributed by atoms with E-state index in [2.05, 4.69) is 10.4 Å². The second-order valence-corrected chi connectivity index (χ2v) is 5.78. The first-order valence-electron chi connectivity index (χ1n) is 7.17. The molecule has 114 valence electrons. The number of benzene rings is 2. The monoisotopic (exact) mass is 323 g/mol. The van der Waals surface area contributed by atoms with E-state index < -0.39 is 0 Å². The minimum Gasteiger partial charge on any atom is -0.382 e. The summed E-state index contributed by atoms with van der Waals surface area (Å²) in [5.41, 5.74) is 8.86. The predicted octanol–water partition coefficient (Wildman–Crippen LogP) is 4.10. The average Bonchev–Trinajstić information content (AvgIpc) is 2.85. The second-order valence-electron chi connectivity index (χ2n) is 5.34. The van der Waals surface area contributed by atoms with Gasteiger partial charge in [0.25, 0.3) is 0 Å². The Morgan fingerprint density at radius 1 is 1.09 bits per heavy atom. The molecule has 2 aromatic heterocycles. The van der Waals surface area contributed by atoms with Crippen LogP contribution in [0.25, 0.3) is 21.8 Å². The van der Waals surface area contributed by atoms with Crippen molar-refractivity contribution in [2.24, 2.45) is 7.05 Å². The SMILES string of the molecule is Cn1nc(N)c2c(Nc3ccc(Cl)cc3)nc3ccccc3c21. The highest BCUT2D eigenvalue weighted by Crippen LogP contribution is 2.34. The molecule has 0 radical (unpaired) electrons. The van der Waals surface area contributed by atoms with Gasteiger partial charge in [-0.05, 0) is 30.3 Å². The number of hydrogen-bond acceptors (Lipinski definition) is 4. The van der Waals surface area contributed by atoms with Crippen LogP contribution in [-0.2, 0) is 7.05 Å². The number of para-hydroxylation sites is 1. The zero-order valence-corrected chi connectivity index (χ0v) is 13.2. The molecule has 0 bridgehead atoms. The molecule has 4 aromatic rings. The summed E-state index contributed by atoms with van der Waals surface area (Å²) >= 11 is 5.94. The van der Waals surface area contributed by atoms with Crippen LogP contribution >= 0.6 is 11.6 Å². The van der Waals surface area contributed by atoms with Crippen molar-refractivity contribution in [2.45, 2.75) is 0 Å². The fourth-order valence-electron chi connectivity index (χ4n) is 2.80. The Morgan fingerprint density at radius 3 is 2.61 bits per heavy atom. The summed E-state index contributed by atoms with van der Waals surface area (Å²) in [6.07, 6.45) is 0. The second kappa shape index (κ2) is 5.14. The van der Waals surface area contributed by atoms with Crippen molar-refractivity contribution in [3.05, 3.63) is 53.6 Å². The summed E-state index contributed by atoms with van der Waals surface area (Å²) in [4.78, 5) is 4.72. The van der Waals surface area contributed by atoms with E-state index in [1.165, 1.54) is 0 Å². The number of pyridine rings is 1. The summed E-state index contributed by atoms with van der Waals surface area (Å²) in [5, 5.41) is 10.2. The number of nitrogens with one attached hydrogen (secondary N) is 1. The first-order valence-corrected chi connectivity index (χ1v) is 7.55. The lowest BCUT2D eigenvalue weighted by Crippen LogP contribution is -1.97. The molecule has 23 heavy (non-hydrogen) atoms. The number of hydrogen-bond donors (Lipinski definition) is 2. The van der Waals surface area contributed by atoms with Crippen LogP contribution in [0.4, 0.5) is 17.3 Å². The van der Waals surface area contributed by atoms with E-state index in [-0.39, 0.29) is 0 Å². The number of nitrogens with two attached hydrogens (primary N) is 1. The van der Waals surface area contributed by atoms with Crippen molar-refractivity contribution in [3.63, 3.8) is 0 Å². The fourth-order valence-corrected chi connectivity index (χ4v) is 2.92. The number of nitrogen functional groups attached to an aromatic ring is 1. The summed E-state index contributed by atoms with van der Waals surface area (Å²) in [6.45, 7) is 0. The van der Waals surface area contributed by atoms with Crippen LogP contribution < -0.4 is 11.1 Å². The molecular formula is C17H14ClN5. The maximum absolute atomic E-state index is 6.11. The molecule has 3 N–H and O–H groups in total. The molecule has 0 fully saturated rings. The highest BCUT2D eigenvalue weighted by Gasteiger charge is 2.16. The van der Waals surface area contributed by atoms with Gasteiger partial charge in [-0.2, -0.15) is 5.10 Å². The predicted molar refractivity (Wildman–Crippen MR) is 95.2 cm³/mol. The van der Waals surface area contributed by atoms with Gasteiger partial charge in [-0.1, -0.05) is 29.8 Å². The molecule has 0 aliphatic rings. The zero-order chi connectivity index (χ0) is 16.0. The van der Waals surface area contributed by atoms with Crippen LogP contribution in [-0.4, -0.2) is 14.8 Å². The molecule has 0 saturated carbocycles. The Labute approximate surface area is 137 Å². The average molecular weight is 324 g/mol. The zero-order valence-electron chi connectivity index (χ0n) is 12.4. The smallest absolute Gasteiger partial charge is 0.157 e. The van der Waals surface area contributed by atoms with Gasteiger partial charge in [0, 0.05) is 23.1 Å². The molecule has 0 saturated heterocycles. The highest BCUT2D eigenvalue weighted by atomic mass is 35.5. The number of anilines is 3. The number of rotatable bonds is 2. The molecule has 2 heterocycles. The summed E-state index contributed by atoms with van der Waals surface area (Å²) in [5.74, 6) is 1.14. The van der Waals surface area contributed by atoms with Gasteiger partial charge >= 0.3 is 0 Å². The number of aryl methyl sites for hydroxylation is 1. The first-order chi connectivity index (χ1) is 11.1. The minimum absolute atomic E-state index is 0.456. The van der Waals surface area contributed by atoms with Crippen LogP contribution in [0.15, 0.2) is 48.5 Å². The number of fused-ring (bicyclic) bond motifs is 3. The van der Waals surface area contributed by atoms with Crippen molar-refractivity contribution >= 4 is 50.7 Å². The van der Waals surface area contributed by atoms with Crippen LogP contribution in [0.5, 0.6) is 0 Å². The Bertz CT molecular complexity index is 1020. The lowest BCUT2D eigenvalue weighted by molar-refractivity contribution is 0.804. The summed E-state index contributed by atoms with van der Waals surface area (Å²) in [6, 6.07) is 15.4. The lowest BCUT2D eigenvalue weighted by atomic mass is 10.1. The molecule has 2 aromatic carbocycles. The maximum Gasteiger partial charge on any atom is 0.157 e. The van der Waals surface area contributed by atoms with Gasteiger partial charge in [-0.15, -0.1) is 0 Å². The highest BCUT2D eigenvalue weighted by molar-refractivity contribution is 6.30. The molecule has 0 aliphatic heterocycles. The van der Waals surface area contributed by atoms with E-state index in [0.29, 0.717) is 16.7 Å². The van der Waals surface area contributed by atoms with E-state index in [1.807, 2.05) is 55.6 Å². The molecule has 0 aliphatic carbocycles. The summed E-state index contributed by atoms with van der Waals surface area (Å²) in [7, 11) is 1.89. The third-order valence-corrected chi connectivity index (χ3v) is 4.06. The van der Waals surface area contributed by atoms with E-state index in [9.17, 15) is 0 Å². The minimum atomic E-state index is 0.456. The van der Waals surface area contributed by atoms with Crippen molar-refractivity contribution in [2.75, 3.05) is 11.1 Å². The molecule has 0 amide bonds. The lowest BCUT2D eigenvalue weighted by Gasteiger charge is -2.10. The van der Waals surface area contributed by atoms with E-state index >= 15 is 0 Å².